The van der Waals surface area contributed by atoms with Crippen molar-refractivity contribution in [2.45, 2.75) is 13.7 Å². The van der Waals surface area contributed by atoms with Gasteiger partial charge in [-0.1, -0.05) is 0 Å². The first-order valence-corrected chi connectivity index (χ1v) is 4.41. The first kappa shape index (κ1) is 9.30. The van der Waals surface area contributed by atoms with E-state index in [4.69, 9.17) is 10.00 Å². The van der Waals surface area contributed by atoms with Crippen LogP contribution in [0.15, 0.2) is 16.9 Å². The fraction of sp³-hybridized carbons (Fsp3) is 0.375. The third-order valence-corrected chi connectivity index (χ3v) is 2.33. The number of nitrogens with zero attached hydrogens (tertiary/aromatic N) is 2. The van der Waals surface area contributed by atoms with Gasteiger partial charge in [0.05, 0.1) is 5.56 Å². The minimum absolute atomic E-state index is 0.485. The molecule has 0 bridgehead atoms. The molecule has 0 aliphatic rings. The van der Waals surface area contributed by atoms with Gasteiger partial charge in [0.25, 0.3) is 0 Å². The molecule has 0 unspecified atom stereocenters. The van der Waals surface area contributed by atoms with E-state index in [1.165, 1.54) is 0 Å². The number of hydrogen-bond acceptors (Lipinski definition) is 2. The van der Waals surface area contributed by atoms with Crippen molar-refractivity contribution in [3.63, 3.8) is 0 Å². The predicted octanol–water partition coefficient (Wildman–Crippen LogP) is 2.12. The van der Waals surface area contributed by atoms with Gasteiger partial charge in [-0.2, -0.15) is 5.26 Å². The van der Waals surface area contributed by atoms with Crippen LogP contribution in [-0.2, 0) is 11.5 Å². The highest BCUT2D eigenvalue weighted by molar-refractivity contribution is 9.10. The summed E-state index contributed by atoms with van der Waals surface area (Å²) >= 11 is 3.30. The summed E-state index contributed by atoms with van der Waals surface area (Å²) in [5.41, 5.74) is 0.634. The average molecular weight is 229 g/mol. The summed E-state index contributed by atoms with van der Waals surface area (Å²) in [5.74, 6) is 0. The number of nitriles is 1. The quantitative estimate of drug-likeness (QED) is 0.796. The van der Waals surface area contributed by atoms with Crippen molar-refractivity contribution in [1.29, 1.82) is 5.26 Å². The zero-order valence-electron chi connectivity index (χ0n) is 6.75. The molecule has 1 aromatic heterocycles. The van der Waals surface area contributed by atoms with Crippen LogP contribution in [0.3, 0.4) is 0 Å². The van der Waals surface area contributed by atoms with Crippen LogP contribution in [0.25, 0.3) is 0 Å². The lowest BCUT2D eigenvalue weighted by atomic mass is 10.4. The van der Waals surface area contributed by atoms with Gasteiger partial charge < -0.3 is 9.30 Å². The van der Waals surface area contributed by atoms with Crippen molar-refractivity contribution in [2.75, 3.05) is 6.61 Å². The van der Waals surface area contributed by atoms with Crippen molar-refractivity contribution in [2.24, 2.45) is 0 Å². The van der Waals surface area contributed by atoms with Gasteiger partial charge in [-0.15, -0.1) is 0 Å². The molecule has 3 nitrogen and oxygen atoms in total. The minimum Gasteiger partial charge on any atom is -0.361 e. The molecule has 0 spiro atoms. The molecule has 0 saturated carbocycles. The van der Waals surface area contributed by atoms with E-state index >= 15 is 0 Å². The summed E-state index contributed by atoms with van der Waals surface area (Å²) in [5, 5.41) is 8.62. The van der Waals surface area contributed by atoms with Crippen molar-refractivity contribution in [3.8, 4) is 6.07 Å². The third kappa shape index (κ3) is 1.87. The lowest BCUT2D eigenvalue weighted by Gasteiger charge is -2.03. The van der Waals surface area contributed by atoms with Gasteiger partial charge in [-0.05, 0) is 28.9 Å². The summed E-state index contributed by atoms with van der Waals surface area (Å²) in [6, 6.07) is 3.82. The molecule has 12 heavy (non-hydrogen) atoms. The second-order valence-corrected chi connectivity index (χ2v) is 2.97. The molecular weight excluding hydrogens is 220 g/mol. The Bertz CT molecular complexity index is 300. The first-order valence-electron chi connectivity index (χ1n) is 3.62. The molecule has 4 heteroatoms. The molecule has 1 heterocycles. The number of rotatable bonds is 3. The van der Waals surface area contributed by atoms with Crippen LogP contribution in [-0.4, -0.2) is 11.2 Å². The summed E-state index contributed by atoms with van der Waals surface area (Å²) in [6.45, 7) is 3.09. The Kier molecular flexibility index (Phi) is 3.32. The van der Waals surface area contributed by atoms with E-state index in [1.54, 1.807) is 6.07 Å². The fourth-order valence-corrected chi connectivity index (χ4v) is 1.27. The monoisotopic (exact) mass is 228 g/mol. The molecule has 1 aromatic rings. The SMILES string of the molecule is CCOCn1ccc(C#N)c1Br. The zero-order valence-corrected chi connectivity index (χ0v) is 8.34. The van der Waals surface area contributed by atoms with E-state index in [9.17, 15) is 0 Å². The topological polar surface area (TPSA) is 38.0 Å². The molecule has 0 radical (unpaired) electrons. The second kappa shape index (κ2) is 4.29. The molecular formula is C8H9BrN2O. The average Bonchev–Trinajstić information content (AvgIpc) is 2.43. The number of aromatic nitrogens is 1. The van der Waals surface area contributed by atoms with E-state index in [-0.39, 0.29) is 0 Å². The summed E-state index contributed by atoms with van der Waals surface area (Å²) in [4.78, 5) is 0. The fourth-order valence-electron chi connectivity index (χ4n) is 0.826. The van der Waals surface area contributed by atoms with Crippen LogP contribution >= 0.6 is 15.9 Å². The molecule has 64 valence electrons. The van der Waals surface area contributed by atoms with Gasteiger partial charge >= 0.3 is 0 Å². The van der Waals surface area contributed by atoms with Crippen molar-refractivity contribution in [1.82, 2.24) is 4.57 Å². The van der Waals surface area contributed by atoms with Gasteiger partial charge in [0.15, 0.2) is 0 Å². The smallest absolute Gasteiger partial charge is 0.123 e. The Morgan fingerprint density at radius 1 is 1.75 bits per heavy atom. The lowest BCUT2D eigenvalue weighted by molar-refractivity contribution is 0.0867. The summed E-state index contributed by atoms with van der Waals surface area (Å²) < 4.78 is 7.79. The van der Waals surface area contributed by atoms with E-state index < -0.39 is 0 Å². The van der Waals surface area contributed by atoms with Crippen LogP contribution in [0, 0.1) is 11.3 Å². The Morgan fingerprint density at radius 3 is 3.00 bits per heavy atom. The molecule has 1 rings (SSSR count). The molecule has 0 N–H and O–H groups in total. The van der Waals surface area contributed by atoms with Gasteiger partial charge in [0, 0.05) is 12.8 Å². The standard InChI is InChI=1S/C8H9BrN2O/c1-2-12-6-11-4-3-7(5-10)8(11)9/h3-4H,2,6H2,1H3. The van der Waals surface area contributed by atoms with Gasteiger partial charge in [0.2, 0.25) is 0 Å². The Morgan fingerprint density at radius 2 is 2.50 bits per heavy atom. The minimum atomic E-state index is 0.485. The van der Waals surface area contributed by atoms with E-state index in [0.29, 0.717) is 18.9 Å². The predicted molar refractivity (Wildman–Crippen MR) is 48.5 cm³/mol. The first-order chi connectivity index (χ1) is 5.79. The molecule has 0 aliphatic carbocycles. The van der Waals surface area contributed by atoms with E-state index in [1.807, 2.05) is 17.7 Å². The second-order valence-electron chi connectivity index (χ2n) is 2.22. The number of halogens is 1. The maximum atomic E-state index is 8.62. The highest BCUT2D eigenvalue weighted by Gasteiger charge is 2.03. The third-order valence-electron chi connectivity index (χ3n) is 1.45. The maximum Gasteiger partial charge on any atom is 0.123 e. The lowest BCUT2D eigenvalue weighted by Crippen LogP contribution is -2.00. The van der Waals surface area contributed by atoms with Crippen molar-refractivity contribution < 1.29 is 4.74 Å². The molecule has 0 aromatic carbocycles. The Labute approximate surface area is 79.7 Å². The van der Waals surface area contributed by atoms with Crippen molar-refractivity contribution >= 4 is 15.9 Å². The Balaban J connectivity index is 2.75. The molecule has 0 atom stereocenters. The van der Waals surface area contributed by atoms with Gasteiger partial charge in [-0.25, -0.2) is 0 Å². The van der Waals surface area contributed by atoms with Crippen LogP contribution in [0.5, 0.6) is 0 Å². The molecule has 0 saturated heterocycles. The molecule has 0 amide bonds. The largest absolute Gasteiger partial charge is 0.361 e. The van der Waals surface area contributed by atoms with Gasteiger partial charge in [0.1, 0.15) is 17.4 Å². The maximum absolute atomic E-state index is 8.62. The highest BCUT2D eigenvalue weighted by Crippen LogP contribution is 2.16. The summed E-state index contributed by atoms with van der Waals surface area (Å²) in [6.07, 6.45) is 1.82. The van der Waals surface area contributed by atoms with Gasteiger partial charge in [-0.3, -0.25) is 0 Å². The highest BCUT2D eigenvalue weighted by atomic mass is 79.9. The normalized spacial score (nSPS) is 9.75. The molecule has 0 aliphatic heterocycles. The zero-order chi connectivity index (χ0) is 8.97. The van der Waals surface area contributed by atoms with Crippen LogP contribution in [0.2, 0.25) is 0 Å². The number of ether oxygens (including phenoxy) is 1. The number of hydrogen-bond donors (Lipinski definition) is 0. The Hall–Kier alpha value is -0.790. The van der Waals surface area contributed by atoms with Crippen LogP contribution in [0.4, 0.5) is 0 Å². The van der Waals surface area contributed by atoms with Crippen LogP contribution < -0.4 is 0 Å². The van der Waals surface area contributed by atoms with E-state index in [2.05, 4.69) is 22.0 Å². The molecule has 0 fully saturated rings. The van der Waals surface area contributed by atoms with Crippen LogP contribution in [0.1, 0.15) is 12.5 Å². The summed E-state index contributed by atoms with van der Waals surface area (Å²) in [7, 11) is 0. The van der Waals surface area contributed by atoms with Crippen molar-refractivity contribution in [3.05, 3.63) is 22.4 Å². The van der Waals surface area contributed by atoms with E-state index in [0.717, 1.165) is 4.60 Å².